The Morgan fingerprint density at radius 1 is 0.935 bits per heavy atom. The molecule has 1 amide bonds. The van der Waals surface area contributed by atoms with Crippen molar-refractivity contribution in [1.29, 1.82) is 0 Å². The third-order valence-electron chi connectivity index (χ3n) is 4.52. The van der Waals surface area contributed by atoms with Crippen LogP contribution in [0.2, 0.25) is 0 Å². The smallest absolute Gasteiger partial charge is 0.349 e. The van der Waals surface area contributed by atoms with Gasteiger partial charge in [0.05, 0.1) is 5.56 Å². The van der Waals surface area contributed by atoms with E-state index in [1.165, 1.54) is 12.1 Å². The Morgan fingerprint density at radius 2 is 1.74 bits per heavy atom. The summed E-state index contributed by atoms with van der Waals surface area (Å²) < 4.78 is 11.4. The second kappa shape index (κ2) is 8.97. The molecule has 6 nitrogen and oxygen atoms in total. The van der Waals surface area contributed by atoms with Crippen LogP contribution < -0.4 is 15.7 Å². The fraction of sp³-hybridized carbons (Fsp3) is 0.0417. The van der Waals surface area contributed by atoms with Crippen molar-refractivity contribution in [3.05, 3.63) is 110 Å². The number of esters is 1. The van der Waals surface area contributed by atoms with E-state index in [0.29, 0.717) is 17.5 Å². The molecule has 0 radical (unpaired) electrons. The van der Waals surface area contributed by atoms with Crippen LogP contribution in [-0.4, -0.2) is 11.9 Å². The number of halogens is 1. The van der Waals surface area contributed by atoms with Crippen molar-refractivity contribution < 1.29 is 18.7 Å². The summed E-state index contributed by atoms with van der Waals surface area (Å²) in [6, 6.07) is 22.3. The van der Waals surface area contributed by atoms with E-state index >= 15 is 0 Å². The van der Waals surface area contributed by atoms with Gasteiger partial charge in [-0.3, -0.25) is 4.79 Å². The molecule has 0 saturated heterocycles. The summed E-state index contributed by atoms with van der Waals surface area (Å²) in [5.74, 6) is -0.841. The number of nitrogens with one attached hydrogen (secondary N) is 1. The SMILES string of the molecule is O=C(Oc1ccc2cc(C(=O)NCc3ccccc3)c(=O)oc2c1)c1cccc(Br)c1. The summed E-state index contributed by atoms with van der Waals surface area (Å²) >= 11 is 3.31. The molecule has 4 aromatic rings. The van der Waals surface area contributed by atoms with E-state index in [2.05, 4.69) is 21.2 Å². The van der Waals surface area contributed by atoms with Crippen molar-refractivity contribution in [2.75, 3.05) is 0 Å². The number of carbonyl (C=O) groups excluding carboxylic acids is 2. The lowest BCUT2D eigenvalue weighted by Gasteiger charge is -2.07. The topological polar surface area (TPSA) is 85.6 Å². The van der Waals surface area contributed by atoms with Crippen LogP contribution in [0.3, 0.4) is 0 Å². The second-order valence-corrected chi connectivity index (χ2v) is 7.63. The van der Waals surface area contributed by atoms with E-state index in [-0.39, 0.29) is 16.9 Å². The predicted molar refractivity (Wildman–Crippen MR) is 119 cm³/mol. The van der Waals surface area contributed by atoms with Gasteiger partial charge in [-0.1, -0.05) is 52.3 Å². The molecule has 4 rings (SSSR count). The molecule has 0 spiro atoms. The quantitative estimate of drug-likeness (QED) is 0.255. The molecule has 3 aromatic carbocycles. The van der Waals surface area contributed by atoms with Gasteiger partial charge in [0.25, 0.3) is 5.91 Å². The van der Waals surface area contributed by atoms with Crippen LogP contribution in [0, 0.1) is 0 Å². The highest BCUT2D eigenvalue weighted by atomic mass is 79.9. The van der Waals surface area contributed by atoms with Gasteiger partial charge < -0.3 is 14.5 Å². The predicted octanol–water partition coefficient (Wildman–Crippen LogP) is 4.70. The Morgan fingerprint density at radius 3 is 2.52 bits per heavy atom. The van der Waals surface area contributed by atoms with Crippen LogP contribution in [0.5, 0.6) is 5.75 Å². The highest BCUT2D eigenvalue weighted by molar-refractivity contribution is 9.10. The summed E-state index contributed by atoms with van der Waals surface area (Å²) in [5, 5.41) is 3.24. The first-order chi connectivity index (χ1) is 15.0. The monoisotopic (exact) mass is 477 g/mol. The average Bonchev–Trinajstić information content (AvgIpc) is 2.77. The van der Waals surface area contributed by atoms with Gasteiger partial charge >= 0.3 is 11.6 Å². The molecule has 0 saturated carbocycles. The normalized spacial score (nSPS) is 10.6. The first-order valence-electron chi connectivity index (χ1n) is 9.37. The Labute approximate surface area is 185 Å². The summed E-state index contributed by atoms with van der Waals surface area (Å²) in [5.41, 5.74) is 0.638. The molecule has 0 aliphatic rings. The largest absolute Gasteiger partial charge is 0.423 e. The third kappa shape index (κ3) is 4.90. The zero-order valence-corrected chi connectivity index (χ0v) is 17.7. The third-order valence-corrected chi connectivity index (χ3v) is 5.01. The van der Waals surface area contributed by atoms with Crippen LogP contribution in [0.15, 0.2) is 92.5 Å². The first-order valence-corrected chi connectivity index (χ1v) is 10.2. The van der Waals surface area contributed by atoms with Gasteiger partial charge in [-0.15, -0.1) is 0 Å². The standard InChI is InChI=1S/C24H16BrNO5/c25-18-8-4-7-17(11-18)23(28)30-19-10-9-16-12-20(24(29)31-21(16)13-19)22(27)26-14-15-5-2-1-3-6-15/h1-13H,14H2,(H,26,27). The molecular formula is C24H16BrNO5. The fourth-order valence-electron chi connectivity index (χ4n) is 2.97. The van der Waals surface area contributed by atoms with E-state index < -0.39 is 17.5 Å². The zero-order valence-electron chi connectivity index (χ0n) is 16.1. The minimum absolute atomic E-state index is 0.0951. The Hall–Kier alpha value is -3.71. The van der Waals surface area contributed by atoms with E-state index in [1.807, 2.05) is 30.3 Å². The number of rotatable bonds is 5. The van der Waals surface area contributed by atoms with E-state index in [4.69, 9.17) is 9.15 Å². The number of ether oxygens (including phenoxy) is 1. The van der Waals surface area contributed by atoms with Gasteiger partial charge in [0.1, 0.15) is 16.9 Å². The summed E-state index contributed by atoms with van der Waals surface area (Å²) in [6.07, 6.45) is 0. The lowest BCUT2D eigenvalue weighted by molar-refractivity contribution is 0.0734. The van der Waals surface area contributed by atoms with Gasteiger partial charge in [0, 0.05) is 22.5 Å². The second-order valence-electron chi connectivity index (χ2n) is 6.72. The van der Waals surface area contributed by atoms with E-state index in [1.54, 1.807) is 36.4 Å². The Kier molecular flexibility index (Phi) is 5.95. The zero-order chi connectivity index (χ0) is 21.8. The van der Waals surface area contributed by atoms with Gasteiger partial charge in [-0.05, 0) is 42.0 Å². The van der Waals surface area contributed by atoms with Crippen LogP contribution in [-0.2, 0) is 6.54 Å². The van der Waals surface area contributed by atoms with Crippen molar-refractivity contribution in [2.24, 2.45) is 0 Å². The molecule has 1 heterocycles. The van der Waals surface area contributed by atoms with Crippen molar-refractivity contribution >= 4 is 38.8 Å². The average molecular weight is 478 g/mol. The first kappa shape index (κ1) is 20.6. The number of fused-ring (bicyclic) bond motifs is 1. The summed E-state index contributed by atoms with van der Waals surface area (Å²) in [6.45, 7) is 0.293. The van der Waals surface area contributed by atoms with Gasteiger partial charge in [-0.2, -0.15) is 0 Å². The lowest BCUT2D eigenvalue weighted by atomic mass is 10.1. The van der Waals surface area contributed by atoms with Crippen LogP contribution in [0.25, 0.3) is 11.0 Å². The number of benzene rings is 3. The van der Waals surface area contributed by atoms with Crippen molar-refractivity contribution in [2.45, 2.75) is 6.54 Å². The molecule has 31 heavy (non-hydrogen) atoms. The highest BCUT2D eigenvalue weighted by Gasteiger charge is 2.15. The molecule has 0 aliphatic carbocycles. The fourth-order valence-corrected chi connectivity index (χ4v) is 3.37. The minimum atomic E-state index is -0.770. The molecule has 0 bridgehead atoms. The number of hydrogen-bond acceptors (Lipinski definition) is 5. The summed E-state index contributed by atoms with van der Waals surface area (Å²) in [7, 11) is 0. The molecule has 1 aromatic heterocycles. The molecule has 0 aliphatic heterocycles. The minimum Gasteiger partial charge on any atom is -0.423 e. The number of hydrogen-bond donors (Lipinski definition) is 1. The van der Waals surface area contributed by atoms with Gasteiger partial charge in [0.2, 0.25) is 0 Å². The lowest BCUT2D eigenvalue weighted by Crippen LogP contribution is -2.27. The van der Waals surface area contributed by atoms with Crippen LogP contribution >= 0.6 is 15.9 Å². The van der Waals surface area contributed by atoms with Crippen molar-refractivity contribution in [3.63, 3.8) is 0 Å². The van der Waals surface area contributed by atoms with Crippen molar-refractivity contribution in [1.82, 2.24) is 5.32 Å². The molecule has 1 N–H and O–H groups in total. The maximum Gasteiger partial charge on any atom is 0.349 e. The highest BCUT2D eigenvalue weighted by Crippen LogP contribution is 2.22. The molecule has 0 atom stereocenters. The van der Waals surface area contributed by atoms with Gasteiger partial charge in [0.15, 0.2) is 0 Å². The number of carbonyl (C=O) groups is 2. The Bertz CT molecular complexity index is 1330. The van der Waals surface area contributed by atoms with Gasteiger partial charge in [-0.25, -0.2) is 9.59 Å². The molecule has 154 valence electrons. The van der Waals surface area contributed by atoms with Crippen molar-refractivity contribution in [3.8, 4) is 5.75 Å². The summed E-state index contributed by atoms with van der Waals surface area (Å²) in [4.78, 5) is 37.1. The molecule has 7 heteroatoms. The maximum absolute atomic E-state index is 12.4. The Balaban J connectivity index is 1.52. The van der Waals surface area contributed by atoms with E-state index in [9.17, 15) is 14.4 Å². The van der Waals surface area contributed by atoms with E-state index in [0.717, 1.165) is 10.0 Å². The van der Waals surface area contributed by atoms with Crippen LogP contribution in [0.1, 0.15) is 26.3 Å². The van der Waals surface area contributed by atoms with Crippen LogP contribution in [0.4, 0.5) is 0 Å². The maximum atomic E-state index is 12.4. The number of amides is 1. The molecule has 0 unspecified atom stereocenters. The molecular weight excluding hydrogens is 462 g/mol. The molecule has 0 fully saturated rings.